The fourth-order valence-electron chi connectivity index (χ4n) is 1.92. The summed E-state index contributed by atoms with van der Waals surface area (Å²) >= 11 is 0. The Bertz CT molecular complexity index is 179. The van der Waals surface area contributed by atoms with Crippen LogP contribution in [-0.4, -0.2) is 30.6 Å². The van der Waals surface area contributed by atoms with E-state index in [1.54, 1.807) is 0 Å². The van der Waals surface area contributed by atoms with E-state index < -0.39 is 0 Å². The van der Waals surface area contributed by atoms with Crippen molar-refractivity contribution in [2.45, 2.75) is 45.6 Å². The SMILES string of the molecule is CCC/C=C(\C)CN1CCC(N)CC1. The number of likely N-dealkylation sites (tertiary alicyclic amines) is 1. The van der Waals surface area contributed by atoms with Crippen LogP contribution in [0, 0.1) is 0 Å². The third kappa shape index (κ3) is 4.25. The third-order valence-corrected chi connectivity index (χ3v) is 2.89. The Morgan fingerprint density at radius 3 is 2.64 bits per heavy atom. The fraction of sp³-hybridized carbons (Fsp3) is 0.833. The monoisotopic (exact) mass is 196 g/mol. The quantitative estimate of drug-likeness (QED) is 0.698. The maximum atomic E-state index is 5.87. The highest BCUT2D eigenvalue weighted by Gasteiger charge is 2.15. The van der Waals surface area contributed by atoms with E-state index in [9.17, 15) is 0 Å². The van der Waals surface area contributed by atoms with Crippen molar-refractivity contribution in [3.8, 4) is 0 Å². The molecule has 0 atom stereocenters. The van der Waals surface area contributed by atoms with Crippen LogP contribution in [0.2, 0.25) is 0 Å². The predicted octanol–water partition coefficient (Wildman–Crippen LogP) is 2.16. The van der Waals surface area contributed by atoms with E-state index in [0.717, 1.165) is 6.54 Å². The highest BCUT2D eigenvalue weighted by atomic mass is 15.1. The molecule has 1 rings (SSSR count). The molecule has 82 valence electrons. The van der Waals surface area contributed by atoms with Crippen LogP contribution in [0.4, 0.5) is 0 Å². The second-order valence-electron chi connectivity index (χ2n) is 4.45. The Labute approximate surface area is 88.2 Å². The van der Waals surface area contributed by atoms with E-state index in [1.807, 2.05) is 0 Å². The Hall–Kier alpha value is -0.340. The summed E-state index contributed by atoms with van der Waals surface area (Å²) < 4.78 is 0. The lowest BCUT2D eigenvalue weighted by molar-refractivity contribution is 0.229. The molecule has 0 aliphatic carbocycles. The topological polar surface area (TPSA) is 29.3 Å². The van der Waals surface area contributed by atoms with Crippen molar-refractivity contribution in [1.82, 2.24) is 4.90 Å². The molecule has 1 saturated heterocycles. The minimum Gasteiger partial charge on any atom is -0.328 e. The molecule has 0 radical (unpaired) electrons. The van der Waals surface area contributed by atoms with E-state index in [4.69, 9.17) is 5.73 Å². The summed E-state index contributed by atoms with van der Waals surface area (Å²) in [7, 11) is 0. The zero-order valence-corrected chi connectivity index (χ0v) is 9.63. The Morgan fingerprint density at radius 1 is 1.43 bits per heavy atom. The first-order valence-corrected chi connectivity index (χ1v) is 5.86. The first-order valence-electron chi connectivity index (χ1n) is 5.86. The molecule has 0 aromatic rings. The van der Waals surface area contributed by atoms with Crippen molar-refractivity contribution < 1.29 is 0 Å². The number of allylic oxidation sites excluding steroid dienone is 1. The number of piperidine rings is 1. The molecule has 0 saturated carbocycles. The van der Waals surface area contributed by atoms with E-state index in [-0.39, 0.29) is 0 Å². The highest BCUT2D eigenvalue weighted by molar-refractivity contribution is 5.01. The van der Waals surface area contributed by atoms with Crippen molar-refractivity contribution in [1.29, 1.82) is 0 Å². The van der Waals surface area contributed by atoms with Crippen LogP contribution in [0.1, 0.15) is 39.5 Å². The Balaban J connectivity index is 2.23. The van der Waals surface area contributed by atoms with Gasteiger partial charge in [-0.25, -0.2) is 0 Å². The fourth-order valence-corrected chi connectivity index (χ4v) is 1.92. The van der Waals surface area contributed by atoms with Crippen molar-refractivity contribution in [3.05, 3.63) is 11.6 Å². The van der Waals surface area contributed by atoms with Crippen LogP contribution < -0.4 is 5.73 Å². The second-order valence-corrected chi connectivity index (χ2v) is 4.45. The third-order valence-electron chi connectivity index (χ3n) is 2.89. The van der Waals surface area contributed by atoms with E-state index in [1.165, 1.54) is 44.3 Å². The minimum atomic E-state index is 0.450. The van der Waals surface area contributed by atoms with Gasteiger partial charge in [0, 0.05) is 12.6 Å². The number of rotatable bonds is 4. The summed E-state index contributed by atoms with van der Waals surface area (Å²) in [5, 5.41) is 0. The van der Waals surface area contributed by atoms with Gasteiger partial charge in [0.15, 0.2) is 0 Å². The molecule has 2 nitrogen and oxygen atoms in total. The van der Waals surface area contributed by atoms with Crippen molar-refractivity contribution in [2.75, 3.05) is 19.6 Å². The predicted molar refractivity (Wildman–Crippen MR) is 62.3 cm³/mol. The van der Waals surface area contributed by atoms with Gasteiger partial charge in [0.1, 0.15) is 0 Å². The molecule has 0 aromatic heterocycles. The highest BCUT2D eigenvalue weighted by Crippen LogP contribution is 2.10. The standard InChI is InChI=1S/C12H24N2/c1-3-4-5-11(2)10-14-8-6-12(13)7-9-14/h5,12H,3-4,6-10,13H2,1-2H3/b11-5+. The van der Waals surface area contributed by atoms with Gasteiger partial charge in [-0.15, -0.1) is 0 Å². The average Bonchev–Trinajstić information content (AvgIpc) is 2.18. The summed E-state index contributed by atoms with van der Waals surface area (Å²) in [6, 6.07) is 0.450. The molecule has 0 spiro atoms. The molecule has 0 amide bonds. The number of unbranched alkanes of at least 4 members (excludes halogenated alkanes) is 1. The van der Waals surface area contributed by atoms with Gasteiger partial charge in [-0.1, -0.05) is 25.0 Å². The van der Waals surface area contributed by atoms with Gasteiger partial charge < -0.3 is 5.73 Å². The van der Waals surface area contributed by atoms with Crippen LogP contribution >= 0.6 is 0 Å². The zero-order chi connectivity index (χ0) is 10.4. The van der Waals surface area contributed by atoms with E-state index in [2.05, 4.69) is 24.8 Å². The lowest BCUT2D eigenvalue weighted by atomic mass is 10.1. The first kappa shape index (κ1) is 11.7. The normalized spacial score (nSPS) is 21.5. The molecule has 0 bridgehead atoms. The molecule has 14 heavy (non-hydrogen) atoms. The van der Waals surface area contributed by atoms with Gasteiger partial charge in [-0.05, 0) is 39.3 Å². The number of nitrogens with zero attached hydrogens (tertiary/aromatic N) is 1. The second kappa shape index (κ2) is 6.20. The number of hydrogen-bond acceptors (Lipinski definition) is 2. The molecule has 1 aliphatic rings. The summed E-state index contributed by atoms with van der Waals surface area (Å²) in [4.78, 5) is 2.52. The lowest BCUT2D eigenvalue weighted by Crippen LogP contribution is -2.40. The van der Waals surface area contributed by atoms with Gasteiger partial charge in [-0.2, -0.15) is 0 Å². The molecular formula is C12H24N2. The van der Waals surface area contributed by atoms with Gasteiger partial charge in [0.05, 0.1) is 0 Å². The van der Waals surface area contributed by atoms with Crippen molar-refractivity contribution in [2.24, 2.45) is 5.73 Å². The first-order chi connectivity index (χ1) is 6.72. The number of nitrogens with two attached hydrogens (primary N) is 1. The lowest BCUT2D eigenvalue weighted by Gasteiger charge is -2.30. The maximum absolute atomic E-state index is 5.87. The zero-order valence-electron chi connectivity index (χ0n) is 9.63. The summed E-state index contributed by atoms with van der Waals surface area (Å²) in [5.74, 6) is 0. The van der Waals surface area contributed by atoms with Gasteiger partial charge in [0.25, 0.3) is 0 Å². The van der Waals surface area contributed by atoms with E-state index in [0.29, 0.717) is 6.04 Å². The summed E-state index contributed by atoms with van der Waals surface area (Å²) in [6.45, 7) is 7.97. The Morgan fingerprint density at radius 2 is 2.07 bits per heavy atom. The van der Waals surface area contributed by atoms with Crippen LogP contribution in [0.5, 0.6) is 0 Å². The molecule has 0 aromatic carbocycles. The van der Waals surface area contributed by atoms with Gasteiger partial charge in [0.2, 0.25) is 0 Å². The smallest absolute Gasteiger partial charge is 0.0190 e. The molecule has 1 heterocycles. The van der Waals surface area contributed by atoms with Gasteiger partial charge in [-0.3, -0.25) is 4.90 Å². The van der Waals surface area contributed by atoms with Gasteiger partial charge >= 0.3 is 0 Å². The van der Waals surface area contributed by atoms with Crippen molar-refractivity contribution >= 4 is 0 Å². The van der Waals surface area contributed by atoms with Crippen LogP contribution in [0.25, 0.3) is 0 Å². The molecule has 2 heteroatoms. The average molecular weight is 196 g/mol. The molecule has 0 unspecified atom stereocenters. The van der Waals surface area contributed by atoms with Crippen LogP contribution in [-0.2, 0) is 0 Å². The molecular weight excluding hydrogens is 172 g/mol. The van der Waals surface area contributed by atoms with Crippen LogP contribution in [0.15, 0.2) is 11.6 Å². The van der Waals surface area contributed by atoms with Crippen molar-refractivity contribution in [3.63, 3.8) is 0 Å². The number of hydrogen-bond donors (Lipinski definition) is 1. The minimum absolute atomic E-state index is 0.450. The summed E-state index contributed by atoms with van der Waals surface area (Å²) in [5.41, 5.74) is 7.38. The van der Waals surface area contributed by atoms with Crippen LogP contribution in [0.3, 0.4) is 0 Å². The Kier molecular flexibility index (Phi) is 5.20. The molecule has 1 aliphatic heterocycles. The summed E-state index contributed by atoms with van der Waals surface area (Å²) in [6.07, 6.45) is 7.18. The van der Waals surface area contributed by atoms with E-state index >= 15 is 0 Å². The maximum Gasteiger partial charge on any atom is 0.0190 e. The molecule has 1 fully saturated rings. The molecule has 2 N–H and O–H groups in total. The largest absolute Gasteiger partial charge is 0.328 e.